The van der Waals surface area contributed by atoms with E-state index in [2.05, 4.69) is 34.6 Å². The number of carboxylic acid groups (broad SMARTS) is 1. The quantitative estimate of drug-likeness (QED) is 0.470. The second kappa shape index (κ2) is 9.56. The van der Waals surface area contributed by atoms with Crippen molar-refractivity contribution >= 4 is 11.8 Å². The maximum Gasteiger partial charge on any atom is 0.139 e. The van der Waals surface area contributed by atoms with Gasteiger partial charge in [0.05, 0.1) is 0 Å². The molecule has 0 amide bonds. The van der Waals surface area contributed by atoms with E-state index in [9.17, 15) is 14.7 Å². The number of carbonyl (C=O) groups is 2. The van der Waals surface area contributed by atoms with Gasteiger partial charge in [0, 0.05) is 17.8 Å². The highest BCUT2D eigenvalue weighted by molar-refractivity contribution is 5.85. The molecular formula is C28H47O3-. The van der Waals surface area contributed by atoms with E-state index >= 15 is 0 Å². The molecule has 0 N–H and O–H groups in total. The van der Waals surface area contributed by atoms with E-state index in [4.69, 9.17) is 0 Å². The van der Waals surface area contributed by atoms with Gasteiger partial charge in [-0.1, -0.05) is 67.2 Å². The van der Waals surface area contributed by atoms with E-state index in [1.165, 1.54) is 25.7 Å². The van der Waals surface area contributed by atoms with E-state index in [1.807, 2.05) is 6.92 Å². The number of hydrogen-bond acceptors (Lipinski definition) is 3. The van der Waals surface area contributed by atoms with E-state index in [1.54, 1.807) is 0 Å². The normalized spacial score (nSPS) is 40.5. The number of hydrogen-bond donors (Lipinski definition) is 0. The molecule has 0 aromatic carbocycles. The van der Waals surface area contributed by atoms with Gasteiger partial charge in [-0.3, -0.25) is 4.79 Å². The predicted octanol–water partition coefficient (Wildman–Crippen LogP) is 6.04. The van der Waals surface area contributed by atoms with Crippen LogP contribution < -0.4 is 5.11 Å². The Balaban J connectivity index is 1.86. The Labute approximate surface area is 191 Å². The molecule has 3 aliphatic carbocycles. The second-order valence-corrected chi connectivity index (χ2v) is 12.5. The monoisotopic (exact) mass is 431 g/mol. The molecule has 0 heterocycles. The molecule has 3 aliphatic rings. The number of carbonyl (C=O) groups excluding carboxylic acids is 2. The van der Waals surface area contributed by atoms with Crippen molar-refractivity contribution in [2.45, 2.75) is 112 Å². The number of ketones is 1. The summed E-state index contributed by atoms with van der Waals surface area (Å²) < 4.78 is 0. The van der Waals surface area contributed by atoms with Gasteiger partial charge >= 0.3 is 0 Å². The fourth-order valence-corrected chi connectivity index (χ4v) is 8.41. The molecule has 0 radical (unpaired) electrons. The van der Waals surface area contributed by atoms with Crippen LogP contribution in [0.2, 0.25) is 0 Å². The summed E-state index contributed by atoms with van der Waals surface area (Å²) in [5, 5.41) is 12.1. The number of rotatable bonds is 8. The smallest absolute Gasteiger partial charge is 0.139 e. The lowest BCUT2D eigenvalue weighted by Gasteiger charge is -2.56. The molecule has 0 aliphatic heterocycles. The summed E-state index contributed by atoms with van der Waals surface area (Å²) in [4.78, 5) is 25.2. The fourth-order valence-electron chi connectivity index (χ4n) is 8.41. The minimum Gasteiger partial charge on any atom is -0.550 e. The van der Waals surface area contributed by atoms with E-state index < -0.39 is 11.9 Å². The molecular weight excluding hydrogens is 384 g/mol. The van der Waals surface area contributed by atoms with Gasteiger partial charge in [-0.2, -0.15) is 0 Å². The molecule has 3 fully saturated rings. The summed E-state index contributed by atoms with van der Waals surface area (Å²) in [6.07, 6.45) is 12.1. The van der Waals surface area contributed by atoms with Gasteiger partial charge in [-0.15, -0.1) is 0 Å². The molecule has 3 saturated carbocycles. The second-order valence-electron chi connectivity index (χ2n) is 12.5. The van der Waals surface area contributed by atoms with Gasteiger partial charge < -0.3 is 9.90 Å². The molecule has 0 spiro atoms. The van der Waals surface area contributed by atoms with Crippen molar-refractivity contribution in [2.24, 2.45) is 52.3 Å². The molecule has 8 unspecified atom stereocenters. The minimum atomic E-state index is -0.917. The van der Waals surface area contributed by atoms with Gasteiger partial charge in [0.2, 0.25) is 0 Å². The van der Waals surface area contributed by atoms with Gasteiger partial charge in [0.25, 0.3) is 0 Å². The van der Waals surface area contributed by atoms with Crippen LogP contribution in [0.5, 0.6) is 0 Å². The summed E-state index contributed by atoms with van der Waals surface area (Å²) in [5.74, 6) is 1.80. The molecule has 3 heteroatoms. The summed E-state index contributed by atoms with van der Waals surface area (Å²) in [6, 6.07) is 0. The van der Waals surface area contributed by atoms with Crippen LogP contribution in [-0.4, -0.2) is 11.8 Å². The number of fused-ring (bicyclic) bond motifs is 1. The molecule has 0 aromatic rings. The topological polar surface area (TPSA) is 57.2 Å². The van der Waals surface area contributed by atoms with Crippen molar-refractivity contribution in [1.82, 2.24) is 0 Å². The average molecular weight is 432 g/mol. The first-order valence-electron chi connectivity index (χ1n) is 13.3. The minimum absolute atomic E-state index is 0.0728. The molecule has 0 aromatic heterocycles. The summed E-state index contributed by atoms with van der Waals surface area (Å²) in [7, 11) is 0. The van der Waals surface area contributed by atoms with Crippen molar-refractivity contribution in [3.05, 3.63) is 0 Å². The van der Waals surface area contributed by atoms with Crippen molar-refractivity contribution in [3.63, 3.8) is 0 Å². The highest BCUT2D eigenvalue weighted by Gasteiger charge is 2.59. The van der Waals surface area contributed by atoms with Crippen molar-refractivity contribution in [2.75, 3.05) is 0 Å². The number of aliphatic carboxylic acids is 1. The van der Waals surface area contributed by atoms with Crippen LogP contribution >= 0.6 is 0 Å². The third-order valence-corrected chi connectivity index (χ3v) is 10.3. The number of carboxylic acids is 1. The predicted molar refractivity (Wildman–Crippen MR) is 124 cm³/mol. The lowest BCUT2D eigenvalue weighted by Crippen LogP contribution is -2.54. The highest BCUT2D eigenvalue weighted by Crippen LogP contribution is 2.65. The highest BCUT2D eigenvalue weighted by atomic mass is 16.4. The molecule has 3 rings (SSSR count). The van der Waals surface area contributed by atoms with Gasteiger partial charge in [-0.05, 0) is 85.4 Å². The number of Topliss-reactive ketones (excluding diaryl/α,β-unsaturated/α-hetero) is 1. The van der Waals surface area contributed by atoms with Crippen molar-refractivity contribution in [3.8, 4) is 0 Å². The average Bonchev–Trinajstić information content (AvgIpc) is 3.05. The van der Waals surface area contributed by atoms with Crippen LogP contribution in [0.1, 0.15) is 112 Å². The van der Waals surface area contributed by atoms with Crippen LogP contribution in [0.15, 0.2) is 0 Å². The third kappa shape index (κ3) is 4.62. The standard InChI is InChI=1S/C28H48O3/c1-18(2)10-9-11-19(3)21-13-14-22-25(20(4)26(30)31)23(15-17-27(21,22)5)28(6)16-8-7-12-24(28)29/h18-23,25H,7-17H2,1-6H3,(H,30,31)/p-1. The van der Waals surface area contributed by atoms with Crippen LogP contribution in [0.4, 0.5) is 0 Å². The Morgan fingerprint density at radius 2 is 1.71 bits per heavy atom. The van der Waals surface area contributed by atoms with E-state index in [-0.39, 0.29) is 22.7 Å². The molecule has 8 atom stereocenters. The Bertz CT molecular complexity index is 655. The molecule has 0 bridgehead atoms. The Morgan fingerprint density at radius 3 is 2.32 bits per heavy atom. The Morgan fingerprint density at radius 1 is 1.00 bits per heavy atom. The van der Waals surface area contributed by atoms with Crippen LogP contribution in [0, 0.1) is 52.3 Å². The SMILES string of the molecule is CC(C)CCCC(C)C1CCC2C(C(C)C(=O)[O-])C(C3(C)CCCCC3=O)CCC12C. The molecule has 3 nitrogen and oxygen atoms in total. The largest absolute Gasteiger partial charge is 0.550 e. The summed E-state index contributed by atoms with van der Waals surface area (Å²) in [6.45, 7) is 13.5. The zero-order chi connectivity index (χ0) is 23.0. The fraction of sp³-hybridized carbons (Fsp3) is 0.929. The Hall–Kier alpha value is -0.860. The maximum atomic E-state index is 13.1. The lowest BCUT2D eigenvalue weighted by atomic mass is 9.48. The maximum absolute atomic E-state index is 13.1. The third-order valence-electron chi connectivity index (χ3n) is 10.3. The van der Waals surface area contributed by atoms with Crippen molar-refractivity contribution < 1.29 is 14.7 Å². The zero-order valence-corrected chi connectivity index (χ0v) is 21.0. The molecule has 0 saturated heterocycles. The van der Waals surface area contributed by atoms with Crippen LogP contribution in [0.3, 0.4) is 0 Å². The van der Waals surface area contributed by atoms with Gasteiger partial charge in [-0.25, -0.2) is 0 Å². The van der Waals surface area contributed by atoms with Gasteiger partial charge in [0.15, 0.2) is 0 Å². The van der Waals surface area contributed by atoms with Crippen LogP contribution in [-0.2, 0) is 9.59 Å². The first-order chi connectivity index (χ1) is 14.5. The summed E-state index contributed by atoms with van der Waals surface area (Å²) in [5.41, 5.74) is -0.134. The lowest BCUT2D eigenvalue weighted by molar-refractivity contribution is -0.315. The first-order valence-corrected chi connectivity index (χ1v) is 13.3. The van der Waals surface area contributed by atoms with Crippen molar-refractivity contribution in [1.29, 1.82) is 0 Å². The molecule has 31 heavy (non-hydrogen) atoms. The zero-order valence-electron chi connectivity index (χ0n) is 21.0. The first kappa shape index (κ1) is 24.8. The molecule has 178 valence electrons. The Kier molecular flexibility index (Phi) is 7.64. The van der Waals surface area contributed by atoms with Gasteiger partial charge in [0.1, 0.15) is 5.78 Å². The van der Waals surface area contributed by atoms with Crippen LogP contribution in [0.25, 0.3) is 0 Å². The van der Waals surface area contributed by atoms with E-state index in [0.717, 1.165) is 44.4 Å². The van der Waals surface area contributed by atoms with E-state index in [0.29, 0.717) is 30.0 Å². The summed E-state index contributed by atoms with van der Waals surface area (Å²) >= 11 is 0.